The number of para-hydroxylation sites is 1. The minimum atomic E-state index is -0.763. The normalized spacial score (nSPS) is 17.8. The molecule has 0 spiro atoms. The van der Waals surface area contributed by atoms with E-state index < -0.39 is 23.2 Å². The fourth-order valence-electron chi connectivity index (χ4n) is 4.12. The van der Waals surface area contributed by atoms with Crippen LogP contribution in [0.3, 0.4) is 0 Å². The Kier molecular flexibility index (Phi) is 5.90. The van der Waals surface area contributed by atoms with Gasteiger partial charge < -0.3 is 0 Å². The molecule has 0 aliphatic heterocycles. The molecule has 1 unspecified atom stereocenters. The molecule has 0 amide bonds. The first kappa shape index (κ1) is 19.7. The molecular formula is C25H24ClNZr. The minimum Gasteiger partial charge on any atom is -0.130 e. The summed E-state index contributed by atoms with van der Waals surface area (Å²) in [5.74, 6) is 0. The first-order valence-corrected chi connectivity index (χ1v) is 13.0. The van der Waals surface area contributed by atoms with Crippen molar-refractivity contribution < 1.29 is 23.2 Å². The molecule has 140 valence electrons. The van der Waals surface area contributed by atoms with E-state index in [1.54, 1.807) is 8.85 Å². The Labute approximate surface area is 184 Å². The predicted octanol–water partition coefficient (Wildman–Crippen LogP) is 7.26. The van der Waals surface area contributed by atoms with Crippen molar-refractivity contribution in [2.24, 2.45) is 0 Å². The zero-order chi connectivity index (χ0) is 19.7. The first-order valence-electron chi connectivity index (χ1n) is 9.60. The third-order valence-electron chi connectivity index (χ3n) is 5.76. The van der Waals surface area contributed by atoms with Crippen LogP contribution in [0, 0.1) is 0 Å². The molecule has 1 aromatic heterocycles. The molecule has 3 heteroatoms. The van der Waals surface area contributed by atoms with Crippen LogP contribution in [0.15, 0.2) is 81.3 Å². The van der Waals surface area contributed by atoms with Crippen LogP contribution in [0.5, 0.6) is 0 Å². The summed E-state index contributed by atoms with van der Waals surface area (Å²) in [6, 6.07) is 20.0. The Hall–Kier alpha value is -1.63. The molecule has 5 rings (SSSR count). The van der Waals surface area contributed by atoms with Gasteiger partial charge in [-0.05, 0) is 0 Å². The number of alkyl halides is 1. The fourth-order valence-corrected chi connectivity index (χ4v) is 8.47. The summed E-state index contributed by atoms with van der Waals surface area (Å²) in [4.78, 5) is 0. The standard InChI is InChI=1S/C17H12N.C7H9.CH3Cl.Zr/c1-2-7-15-12-16(11-14(15)6-1)18-10-9-13-5-3-4-8-17(13)18;1-6-4-3-5-7(6)2;1-2;/h1-12H;4H,3H2,1-2H3;1H3;. The average molecular weight is 465 g/mol. The molecule has 1 nitrogen and oxygen atoms in total. The van der Waals surface area contributed by atoms with Crippen molar-refractivity contribution in [3.05, 3.63) is 92.4 Å². The molecule has 0 saturated heterocycles. The van der Waals surface area contributed by atoms with Gasteiger partial charge in [0.15, 0.2) is 0 Å². The van der Waals surface area contributed by atoms with Gasteiger partial charge in [-0.1, -0.05) is 0 Å². The number of fused-ring (bicyclic) bond motifs is 2. The van der Waals surface area contributed by atoms with Gasteiger partial charge in [0, 0.05) is 6.38 Å². The van der Waals surface area contributed by atoms with Gasteiger partial charge in [0.1, 0.15) is 0 Å². The Bertz CT molecular complexity index is 1120. The number of halogens is 1. The third-order valence-corrected chi connectivity index (χ3v) is 10.2. The first-order chi connectivity index (χ1) is 13.7. The van der Waals surface area contributed by atoms with E-state index in [0.717, 1.165) is 0 Å². The van der Waals surface area contributed by atoms with Gasteiger partial charge in [-0.15, -0.1) is 11.6 Å². The number of allylic oxidation sites excluding steroid dienone is 5. The van der Waals surface area contributed by atoms with E-state index in [1.165, 1.54) is 46.1 Å². The zero-order valence-electron chi connectivity index (χ0n) is 16.5. The van der Waals surface area contributed by atoms with E-state index in [1.807, 2.05) is 0 Å². The molecule has 1 atom stereocenters. The molecule has 3 aromatic rings. The largest absolute Gasteiger partial charge is 0.130 e. The van der Waals surface area contributed by atoms with Gasteiger partial charge in [0.05, 0.1) is 0 Å². The van der Waals surface area contributed by atoms with Crippen molar-refractivity contribution in [2.45, 2.75) is 23.9 Å². The smallest absolute Gasteiger partial charge is 0.0108 e. The average Bonchev–Trinajstić information content (AvgIpc) is 3.41. The summed E-state index contributed by atoms with van der Waals surface area (Å²) in [5, 5.41) is 1.32. The van der Waals surface area contributed by atoms with Crippen molar-refractivity contribution in [1.29, 1.82) is 0 Å². The fraction of sp³-hybridized carbons (Fsp3) is 0.200. The molecule has 0 bridgehead atoms. The van der Waals surface area contributed by atoms with Gasteiger partial charge in [-0.25, -0.2) is 0 Å². The summed E-state index contributed by atoms with van der Waals surface area (Å²) >= 11 is 3.88. The van der Waals surface area contributed by atoms with Crippen molar-refractivity contribution >= 4 is 34.3 Å². The van der Waals surface area contributed by atoms with Crippen molar-refractivity contribution in [2.75, 3.05) is 6.38 Å². The van der Waals surface area contributed by atoms with Crippen LogP contribution in [0.2, 0.25) is 0 Å². The summed E-state index contributed by atoms with van der Waals surface area (Å²) in [5.41, 5.74) is 8.80. The van der Waals surface area contributed by atoms with E-state index >= 15 is 0 Å². The molecule has 0 saturated carbocycles. The van der Waals surface area contributed by atoms with Gasteiger partial charge in [-0.2, -0.15) is 0 Å². The van der Waals surface area contributed by atoms with E-state index in [0.29, 0.717) is 3.63 Å². The van der Waals surface area contributed by atoms with Crippen LogP contribution in [-0.2, 0) is 23.2 Å². The molecule has 1 heterocycles. The topological polar surface area (TPSA) is 4.93 Å². The predicted molar refractivity (Wildman–Crippen MR) is 118 cm³/mol. The van der Waals surface area contributed by atoms with Crippen LogP contribution >= 0.6 is 11.6 Å². The van der Waals surface area contributed by atoms with Crippen LogP contribution in [0.1, 0.15) is 35.0 Å². The SMILES string of the molecule is CC1=CC[C]([Zr][CH]2C(n3ccc4ccccc43)=Cc3ccccc32)=C1C.CCl. The van der Waals surface area contributed by atoms with Crippen molar-refractivity contribution in [1.82, 2.24) is 4.57 Å². The molecule has 28 heavy (non-hydrogen) atoms. The second-order valence-electron chi connectivity index (χ2n) is 7.21. The van der Waals surface area contributed by atoms with Crippen LogP contribution in [0.4, 0.5) is 0 Å². The Morgan fingerprint density at radius 2 is 1.71 bits per heavy atom. The Morgan fingerprint density at radius 3 is 2.50 bits per heavy atom. The molecule has 2 aliphatic carbocycles. The van der Waals surface area contributed by atoms with Gasteiger partial charge in [-0.3, -0.25) is 0 Å². The summed E-state index contributed by atoms with van der Waals surface area (Å²) in [6.45, 7) is 4.59. The zero-order valence-corrected chi connectivity index (χ0v) is 19.8. The minimum absolute atomic E-state index is 0.592. The number of hydrogen-bond acceptors (Lipinski definition) is 0. The number of benzene rings is 2. The second-order valence-corrected chi connectivity index (χ2v) is 10.8. The van der Waals surface area contributed by atoms with Gasteiger partial charge in [0.25, 0.3) is 0 Å². The molecule has 0 radical (unpaired) electrons. The molecule has 2 aliphatic rings. The van der Waals surface area contributed by atoms with Crippen LogP contribution in [0.25, 0.3) is 22.7 Å². The van der Waals surface area contributed by atoms with Gasteiger partial charge >= 0.3 is 167 Å². The van der Waals surface area contributed by atoms with Crippen LogP contribution in [-0.4, -0.2) is 11.0 Å². The van der Waals surface area contributed by atoms with Crippen molar-refractivity contribution in [3.63, 3.8) is 0 Å². The van der Waals surface area contributed by atoms with E-state index in [2.05, 4.69) is 103 Å². The van der Waals surface area contributed by atoms with Gasteiger partial charge in [0.2, 0.25) is 0 Å². The monoisotopic (exact) mass is 463 g/mol. The number of aromatic nitrogens is 1. The summed E-state index contributed by atoms with van der Waals surface area (Å²) < 4.78 is 4.79. The maximum Gasteiger partial charge on any atom is 0.0108 e. The summed E-state index contributed by atoms with van der Waals surface area (Å²) in [6.07, 6.45) is 9.76. The number of hydrogen-bond donors (Lipinski definition) is 0. The number of nitrogens with zero attached hydrogens (tertiary/aromatic N) is 1. The molecule has 0 N–H and O–H groups in total. The van der Waals surface area contributed by atoms with E-state index in [4.69, 9.17) is 0 Å². The maximum absolute atomic E-state index is 4.64. The van der Waals surface area contributed by atoms with Crippen molar-refractivity contribution in [3.8, 4) is 0 Å². The molecular weight excluding hydrogens is 441 g/mol. The Morgan fingerprint density at radius 1 is 0.964 bits per heavy atom. The quantitative estimate of drug-likeness (QED) is 0.359. The van der Waals surface area contributed by atoms with Crippen LogP contribution < -0.4 is 0 Å². The number of rotatable bonds is 3. The molecule has 2 aromatic carbocycles. The van der Waals surface area contributed by atoms with E-state index in [9.17, 15) is 0 Å². The second kappa shape index (κ2) is 8.39. The maximum atomic E-state index is 4.64. The third kappa shape index (κ3) is 3.42. The van der Waals surface area contributed by atoms with E-state index in [-0.39, 0.29) is 0 Å². The molecule has 0 fully saturated rings. The summed E-state index contributed by atoms with van der Waals surface area (Å²) in [7, 11) is 0. The Balaban J connectivity index is 0.000000932.